The fraction of sp³-hybridized carbons (Fsp3) is 0.720. The smallest absolute Gasteiger partial charge is 0.399 e. The molecule has 0 N–H and O–H groups in total. The Hall–Kier alpha value is -1.33. The van der Waals surface area contributed by atoms with Gasteiger partial charge < -0.3 is 14.2 Å². The Labute approximate surface area is 181 Å². The van der Waals surface area contributed by atoms with Crippen molar-refractivity contribution >= 4 is 18.5 Å². The van der Waals surface area contributed by atoms with E-state index < -0.39 is 0 Å². The summed E-state index contributed by atoms with van der Waals surface area (Å²) in [5.41, 5.74) is 3.16. The van der Waals surface area contributed by atoms with Crippen LogP contribution in [0.4, 0.5) is 0 Å². The van der Waals surface area contributed by atoms with E-state index >= 15 is 0 Å². The van der Waals surface area contributed by atoms with Crippen LogP contribution in [-0.4, -0.2) is 35.7 Å². The Balaban J connectivity index is 1.44. The summed E-state index contributed by atoms with van der Waals surface area (Å²) in [7, 11) is -0.343. The van der Waals surface area contributed by atoms with Crippen LogP contribution in [0.2, 0.25) is 0 Å². The Morgan fingerprint density at radius 2 is 1.73 bits per heavy atom. The van der Waals surface area contributed by atoms with Gasteiger partial charge in [0, 0.05) is 13.0 Å². The maximum Gasteiger partial charge on any atom is 0.494 e. The van der Waals surface area contributed by atoms with Crippen LogP contribution >= 0.6 is 0 Å². The van der Waals surface area contributed by atoms with E-state index in [9.17, 15) is 4.79 Å². The molecule has 30 heavy (non-hydrogen) atoms. The van der Waals surface area contributed by atoms with Gasteiger partial charge in [-0.25, -0.2) is 0 Å². The molecule has 2 atom stereocenters. The van der Waals surface area contributed by atoms with Gasteiger partial charge in [-0.2, -0.15) is 0 Å². The van der Waals surface area contributed by atoms with Crippen molar-refractivity contribution in [3.05, 3.63) is 29.3 Å². The van der Waals surface area contributed by atoms with Gasteiger partial charge >= 0.3 is 7.12 Å². The normalized spacial score (nSPS) is 30.5. The molecule has 5 rings (SSSR count). The number of carbonyl (C=O) groups is 1. The molecule has 2 aliphatic heterocycles. The van der Waals surface area contributed by atoms with Crippen LogP contribution in [0.1, 0.15) is 89.8 Å². The minimum Gasteiger partial charge on any atom is -0.399 e. The average Bonchev–Trinajstić information content (AvgIpc) is 3.14. The number of hydrogen-bond donors (Lipinski definition) is 0. The van der Waals surface area contributed by atoms with Crippen molar-refractivity contribution in [3.8, 4) is 0 Å². The van der Waals surface area contributed by atoms with Gasteiger partial charge in [-0.05, 0) is 81.8 Å². The Kier molecular flexibility index (Phi) is 5.06. The molecule has 2 saturated heterocycles. The van der Waals surface area contributed by atoms with Crippen molar-refractivity contribution < 1.29 is 14.1 Å². The molecule has 4 nitrogen and oxygen atoms in total. The summed E-state index contributed by atoms with van der Waals surface area (Å²) in [5.74, 6) is 1.50. The fourth-order valence-corrected chi connectivity index (χ4v) is 5.99. The van der Waals surface area contributed by atoms with E-state index in [0.29, 0.717) is 17.7 Å². The summed E-state index contributed by atoms with van der Waals surface area (Å²) in [5, 5.41) is 0. The molecular weight excluding hydrogens is 373 g/mol. The van der Waals surface area contributed by atoms with Crippen molar-refractivity contribution in [3.63, 3.8) is 0 Å². The monoisotopic (exact) mass is 409 g/mol. The number of hydrogen-bond acceptors (Lipinski definition) is 3. The van der Waals surface area contributed by atoms with E-state index in [0.717, 1.165) is 31.3 Å². The third-order valence-corrected chi connectivity index (χ3v) is 8.52. The summed E-state index contributed by atoms with van der Waals surface area (Å²) < 4.78 is 12.6. The highest BCUT2D eigenvalue weighted by molar-refractivity contribution is 6.62. The highest BCUT2D eigenvalue weighted by Gasteiger charge is 2.52. The Morgan fingerprint density at radius 1 is 1.03 bits per heavy atom. The first-order valence-electron chi connectivity index (χ1n) is 12.0. The first kappa shape index (κ1) is 20.6. The highest BCUT2D eigenvalue weighted by atomic mass is 16.7. The molecule has 3 fully saturated rings. The Morgan fingerprint density at radius 3 is 2.43 bits per heavy atom. The first-order valence-corrected chi connectivity index (χ1v) is 12.0. The standard InChI is InChI=1S/C25H36BNO3/c1-24(2)25(3,4)30-26(29-24)20-13-12-18-10-11-19-14-22(28)27(23(19)21(18)15-20)16-17-8-6-5-7-9-17/h12-13,15,17,19,23H,5-11,14,16H2,1-4H3. The summed E-state index contributed by atoms with van der Waals surface area (Å²) >= 11 is 0. The molecule has 0 aromatic heterocycles. The number of likely N-dealkylation sites (tertiary alicyclic amines) is 1. The van der Waals surface area contributed by atoms with E-state index in [1.165, 1.54) is 43.2 Å². The van der Waals surface area contributed by atoms with Crippen LogP contribution in [-0.2, 0) is 20.5 Å². The molecule has 1 saturated carbocycles. The van der Waals surface area contributed by atoms with Crippen molar-refractivity contribution in [1.29, 1.82) is 0 Å². The zero-order valence-corrected chi connectivity index (χ0v) is 19.1. The first-order chi connectivity index (χ1) is 14.2. The van der Waals surface area contributed by atoms with Gasteiger partial charge in [0.2, 0.25) is 5.91 Å². The summed E-state index contributed by atoms with van der Waals surface area (Å²) in [4.78, 5) is 15.3. The molecule has 0 spiro atoms. The lowest BCUT2D eigenvalue weighted by molar-refractivity contribution is -0.129. The van der Waals surface area contributed by atoms with Crippen molar-refractivity contribution in [2.45, 2.75) is 96.3 Å². The maximum atomic E-state index is 13.0. The fourth-order valence-electron chi connectivity index (χ4n) is 5.99. The molecule has 162 valence electrons. The predicted molar refractivity (Wildman–Crippen MR) is 120 cm³/mol. The summed E-state index contributed by atoms with van der Waals surface area (Å²) in [6.07, 6.45) is 9.48. The molecule has 5 heteroatoms. The van der Waals surface area contributed by atoms with Gasteiger partial charge in [0.25, 0.3) is 0 Å². The lowest BCUT2D eigenvalue weighted by atomic mass is 9.73. The van der Waals surface area contributed by atoms with Gasteiger partial charge in [-0.1, -0.05) is 37.5 Å². The molecule has 2 aliphatic carbocycles. The molecule has 1 amide bonds. The highest BCUT2D eigenvalue weighted by Crippen LogP contribution is 2.46. The molecular formula is C25H36BNO3. The SMILES string of the molecule is CC1(C)OB(c2ccc3c(c2)C2C(CC3)CC(=O)N2CC2CCCCC2)OC1(C)C. The number of rotatable bonds is 3. The number of carbonyl (C=O) groups excluding carboxylic acids is 1. The maximum absolute atomic E-state index is 13.0. The van der Waals surface area contributed by atoms with Gasteiger partial charge in [-0.15, -0.1) is 0 Å². The zero-order valence-electron chi connectivity index (χ0n) is 19.1. The van der Waals surface area contributed by atoms with Crippen LogP contribution in [0.25, 0.3) is 0 Å². The van der Waals surface area contributed by atoms with E-state index in [4.69, 9.17) is 9.31 Å². The number of amides is 1. The van der Waals surface area contributed by atoms with E-state index in [1.807, 2.05) is 0 Å². The summed E-state index contributed by atoms with van der Waals surface area (Å²) in [6, 6.07) is 6.96. The quantitative estimate of drug-likeness (QED) is 0.695. The third-order valence-electron chi connectivity index (χ3n) is 8.52. The molecule has 0 radical (unpaired) electrons. The number of nitrogens with zero attached hydrogens (tertiary/aromatic N) is 1. The second-order valence-corrected chi connectivity index (χ2v) is 11.0. The molecule has 2 unspecified atom stereocenters. The van der Waals surface area contributed by atoms with Gasteiger partial charge in [0.1, 0.15) is 0 Å². The van der Waals surface area contributed by atoms with Crippen LogP contribution in [0.3, 0.4) is 0 Å². The number of aryl methyl sites for hydroxylation is 1. The molecule has 0 bridgehead atoms. The van der Waals surface area contributed by atoms with Crippen LogP contribution in [0, 0.1) is 11.8 Å². The van der Waals surface area contributed by atoms with Crippen LogP contribution in [0.15, 0.2) is 18.2 Å². The average molecular weight is 409 g/mol. The van der Waals surface area contributed by atoms with Crippen LogP contribution in [0.5, 0.6) is 0 Å². The van der Waals surface area contributed by atoms with E-state index in [1.54, 1.807) is 0 Å². The van der Waals surface area contributed by atoms with Crippen molar-refractivity contribution in [2.75, 3.05) is 6.54 Å². The third kappa shape index (κ3) is 3.42. The Bertz CT molecular complexity index is 814. The van der Waals surface area contributed by atoms with E-state index in [2.05, 4.69) is 50.8 Å². The number of fused-ring (bicyclic) bond motifs is 3. The molecule has 4 aliphatic rings. The van der Waals surface area contributed by atoms with Crippen molar-refractivity contribution in [1.82, 2.24) is 4.90 Å². The molecule has 1 aromatic carbocycles. The predicted octanol–water partition coefficient (Wildman–Crippen LogP) is 4.40. The van der Waals surface area contributed by atoms with Crippen molar-refractivity contribution in [2.24, 2.45) is 11.8 Å². The second-order valence-electron chi connectivity index (χ2n) is 11.0. The van der Waals surface area contributed by atoms with E-state index in [-0.39, 0.29) is 24.4 Å². The largest absolute Gasteiger partial charge is 0.494 e. The van der Waals surface area contributed by atoms with Gasteiger partial charge in [0.05, 0.1) is 17.2 Å². The zero-order chi connectivity index (χ0) is 21.1. The minimum absolute atomic E-state index is 0.241. The lowest BCUT2D eigenvalue weighted by Gasteiger charge is -2.36. The van der Waals surface area contributed by atoms with Gasteiger partial charge in [-0.3, -0.25) is 4.79 Å². The molecule has 1 aromatic rings. The lowest BCUT2D eigenvalue weighted by Crippen LogP contribution is -2.41. The minimum atomic E-state index is -0.343. The molecule has 2 heterocycles. The number of benzene rings is 1. The van der Waals surface area contributed by atoms with Crippen LogP contribution < -0.4 is 5.46 Å². The van der Waals surface area contributed by atoms with Gasteiger partial charge in [0.15, 0.2) is 0 Å². The second kappa shape index (κ2) is 7.37. The summed E-state index contributed by atoms with van der Waals surface area (Å²) in [6.45, 7) is 9.35. The topological polar surface area (TPSA) is 38.8 Å².